The van der Waals surface area contributed by atoms with Crippen molar-refractivity contribution in [2.75, 3.05) is 0 Å². The zero-order chi connectivity index (χ0) is 37.5. The molecule has 0 aliphatic heterocycles. The molecule has 1 heteroatoms. The van der Waals surface area contributed by atoms with Crippen molar-refractivity contribution < 1.29 is 0 Å². The molecule has 2 aromatic heterocycles. The van der Waals surface area contributed by atoms with E-state index in [2.05, 4.69) is 217 Å². The molecule has 0 unspecified atom stereocenters. The van der Waals surface area contributed by atoms with Crippen LogP contribution in [0.1, 0.15) is 0 Å². The molecule has 0 fully saturated rings. The number of hydrogen-bond acceptors (Lipinski definition) is 0. The van der Waals surface area contributed by atoms with Gasteiger partial charge in [-0.25, -0.2) is 0 Å². The fourth-order valence-corrected chi connectivity index (χ4v) is 9.16. The van der Waals surface area contributed by atoms with Gasteiger partial charge in [-0.05, 0) is 126 Å². The van der Waals surface area contributed by atoms with E-state index in [9.17, 15) is 0 Å². The normalized spacial score (nSPS) is 11.9. The van der Waals surface area contributed by atoms with E-state index in [1.807, 2.05) is 0 Å². The highest BCUT2D eigenvalue weighted by molar-refractivity contribution is 6.27. The topological polar surface area (TPSA) is 4.41 Å². The van der Waals surface area contributed by atoms with Crippen LogP contribution in [0.4, 0.5) is 0 Å². The van der Waals surface area contributed by atoms with Crippen molar-refractivity contribution in [3.63, 3.8) is 0 Å². The predicted molar refractivity (Wildman–Crippen MR) is 243 cm³/mol. The summed E-state index contributed by atoms with van der Waals surface area (Å²) in [6, 6.07) is 78.2. The van der Waals surface area contributed by atoms with Crippen molar-refractivity contribution in [3.05, 3.63) is 212 Å². The first-order valence-corrected chi connectivity index (χ1v) is 19.7. The molecule has 264 valence electrons. The van der Waals surface area contributed by atoms with Crippen molar-refractivity contribution in [2.45, 2.75) is 0 Å². The van der Waals surface area contributed by atoms with Gasteiger partial charge in [0.2, 0.25) is 0 Å². The summed E-state index contributed by atoms with van der Waals surface area (Å²) in [4.78, 5) is 0. The Labute approximate surface area is 330 Å². The van der Waals surface area contributed by atoms with Gasteiger partial charge in [0, 0.05) is 21.5 Å². The smallest absolute Gasteiger partial charge is 0.0620 e. The second-order valence-electron chi connectivity index (χ2n) is 15.4. The van der Waals surface area contributed by atoms with Crippen molar-refractivity contribution in [1.82, 2.24) is 4.40 Å². The van der Waals surface area contributed by atoms with Gasteiger partial charge in [0.05, 0.1) is 16.6 Å². The molecule has 57 heavy (non-hydrogen) atoms. The van der Waals surface area contributed by atoms with Crippen LogP contribution in [-0.2, 0) is 0 Å². The third-order valence-corrected chi connectivity index (χ3v) is 12.1. The summed E-state index contributed by atoms with van der Waals surface area (Å²) in [6.07, 6.45) is 0. The lowest BCUT2D eigenvalue weighted by molar-refractivity contribution is 1.38. The lowest BCUT2D eigenvalue weighted by Gasteiger charge is -2.09. The molecule has 0 aliphatic carbocycles. The molecule has 12 rings (SSSR count). The Morgan fingerprint density at radius 1 is 0.211 bits per heavy atom. The number of rotatable bonds is 5. The van der Waals surface area contributed by atoms with Crippen molar-refractivity contribution in [3.8, 4) is 55.6 Å². The molecule has 0 amide bonds. The summed E-state index contributed by atoms with van der Waals surface area (Å²) in [5.74, 6) is 0. The van der Waals surface area contributed by atoms with Gasteiger partial charge in [-0.15, -0.1) is 0 Å². The minimum absolute atomic E-state index is 1.22. The van der Waals surface area contributed by atoms with Crippen LogP contribution in [0.5, 0.6) is 0 Å². The molecular weight excluding hydrogens is 687 g/mol. The first kappa shape index (κ1) is 31.8. The zero-order valence-corrected chi connectivity index (χ0v) is 31.2. The summed E-state index contributed by atoms with van der Waals surface area (Å²) >= 11 is 0. The molecular formula is C56H35N. The lowest BCUT2D eigenvalue weighted by atomic mass is 9.95. The van der Waals surface area contributed by atoms with Crippen molar-refractivity contribution in [2.24, 2.45) is 0 Å². The van der Waals surface area contributed by atoms with Crippen LogP contribution in [0, 0.1) is 0 Å². The Morgan fingerprint density at radius 2 is 0.544 bits per heavy atom. The fraction of sp³-hybridized carbons (Fsp3) is 0. The Kier molecular flexibility index (Phi) is 7.00. The van der Waals surface area contributed by atoms with Gasteiger partial charge in [0.25, 0.3) is 0 Å². The molecule has 12 aromatic rings. The molecule has 2 heterocycles. The van der Waals surface area contributed by atoms with Crippen LogP contribution >= 0.6 is 0 Å². The molecule has 0 bridgehead atoms. The number of benzene rings is 10. The first-order valence-electron chi connectivity index (χ1n) is 19.7. The van der Waals surface area contributed by atoms with Crippen molar-refractivity contribution >= 4 is 59.6 Å². The van der Waals surface area contributed by atoms with Gasteiger partial charge < -0.3 is 4.40 Å². The van der Waals surface area contributed by atoms with Gasteiger partial charge in [0.15, 0.2) is 0 Å². The van der Waals surface area contributed by atoms with Crippen LogP contribution in [0.3, 0.4) is 0 Å². The van der Waals surface area contributed by atoms with Crippen LogP contribution in [0.15, 0.2) is 212 Å². The molecule has 1 nitrogen and oxygen atoms in total. The summed E-state index contributed by atoms with van der Waals surface area (Å²) < 4.78 is 2.53. The molecule has 0 radical (unpaired) electrons. The highest BCUT2D eigenvalue weighted by Gasteiger charge is 2.20. The monoisotopic (exact) mass is 721 g/mol. The molecule has 0 saturated carbocycles. The summed E-state index contributed by atoms with van der Waals surface area (Å²) in [6.45, 7) is 0. The third-order valence-electron chi connectivity index (χ3n) is 12.1. The third kappa shape index (κ3) is 5.17. The average molecular weight is 722 g/mol. The molecule has 0 aliphatic rings. The maximum absolute atomic E-state index is 2.53. The van der Waals surface area contributed by atoms with Crippen LogP contribution in [-0.4, -0.2) is 4.40 Å². The molecule has 10 aromatic carbocycles. The standard InChI is InChI=1S/C56H35N/c1-4-10-36(11-5-1)39-16-20-41(21-17-39)43-24-26-45-30-50-52-32-49(38-14-8-3-9-15-38)33-53-51-31-46-27-25-44(42-22-18-40(19-23-42)37-12-6-2-7-13-37)29-48(46)35-55(51)57(56(52)53)54(50)34-47(45)28-43/h1-35H. The van der Waals surface area contributed by atoms with Gasteiger partial charge >= 0.3 is 0 Å². The Hall–Kier alpha value is -7.48. The zero-order valence-electron chi connectivity index (χ0n) is 31.2. The van der Waals surface area contributed by atoms with E-state index in [1.54, 1.807) is 0 Å². The number of aromatic nitrogens is 1. The quantitative estimate of drug-likeness (QED) is 0.167. The molecule has 0 N–H and O–H groups in total. The minimum Gasteiger partial charge on any atom is -0.308 e. The Balaban J connectivity index is 1.05. The summed E-state index contributed by atoms with van der Waals surface area (Å²) in [7, 11) is 0. The number of hydrogen-bond donors (Lipinski definition) is 0. The molecule has 0 spiro atoms. The summed E-state index contributed by atoms with van der Waals surface area (Å²) in [5, 5.41) is 10.1. The van der Waals surface area contributed by atoms with E-state index in [0.717, 1.165) is 0 Å². The van der Waals surface area contributed by atoms with E-state index in [4.69, 9.17) is 0 Å². The lowest BCUT2D eigenvalue weighted by Crippen LogP contribution is -1.85. The Bertz CT molecular complexity index is 3240. The highest BCUT2D eigenvalue weighted by atomic mass is 14.9. The summed E-state index contributed by atoms with van der Waals surface area (Å²) in [5.41, 5.74) is 16.1. The van der Waals surface area contributed by atoms with E-state index >= 15 is 0 Å². The van der Waals surface area contributed by atoms with Crippen LogP contribution < -0.4 is 0 Å². The van der Waals surface area contributed by atoms with E-state index in [1.165, 1.54) is 115 Å². The average Bonchev–Trinajstić information content (AvgIpc) is 3.78. The number of nitrogens with zero attached hydrogens (tertiary/aromatic N) is 1. The maximum atomic E-state index is 2.53. The van der Waals surface area contributed by atoms with Gasteiger partial charge in [-0.3, -0.25) is 0 Å². The van der Waals surface area contributed by atoms with E-state index in [-0.39, 0.29) is 0 Å². The number of fused-ring (bicyclic) bond motifs is 8. The molecule has 0 atom stereocenters. The highest BCUT2D eigenvalue weighted by Crippen LogP contribution is 2.44. The largest absolute Gasteiger partial charge is 0.308 e. The van der Waals surface area contributed by atoms with Gasteiger partial charge in [0.1, 0.15) is 0 Å². The second-order valence-corrected chi connectivity index (χ2v) is 15.4. The van der Waals surface area contributed by atoms with Gasteiger partial charge in [-0.1, -0.05) is 164 Å². The van der Waals surface area contributed by atoms with E-state index in [0.29, 0.717) is 0 Å². The SMILES string of the molecule is c1ccc(-c2ccc(-c3ccc4cc5c6cc(-c7ccccc7)cc7c8cc9ccc(-c%10ccc(-c%11ccccc%11)cc%10)cc9cc8n(c5cc4c3)c67)cc2)cc1. The molecule has 0 saturated heterocycles. The van der Waals surface area contributed by atoms with Crippen LogP contribution in [0.25, 0.3) is 115 Å². The second kappa shape index (κ2) is 12.5. The van der Waals surface area contributed by atoms with Gasteiger partial charge in [-0.2, -0.15) is 0 Å². The maximum Gasteiger partial charge on any atom is 0.0620 e. The Morgan fingerprint density at radius 3 is 0.947 bits per heavy atom. The first-order chi connectivity index (χ1) is 28.2. The fourth-order valence-electron chi connectivity index (χ4n) is 9.16. The van der Waals surface area contributed by atoms with Crippen molar-refractivity contribution in [1.29, 1.82) is 0 Å². The van der Waals surface area contributed by atoms with E-state index < -0.39 is 0 Å². The predicted octanol–water partition coefficient (Wildman–Crippen LogP) is 15.5. The minimum atomic E-state index is 1.22. The van der Waals surface area contributed by atoms with Crippen LogP contribution in [0.2, 0.25) is 0 Å².